The van der Waals surface area contributed by atoms with Crippen molar-refractivity contribution in [3.8, 4) is 0 Å². The minimum absolute atomic E-state index is 0.114. The zero-order valence-electron chi connectivity index (χ0n) is 17.8. The van der Waals surface area contributed by atoms with Crippen molar-refractivity contribution in [3.05, 3.63) is 54.4 Å². The summed E-state index contributed by atoms with van der Waals surface area (Å²) < 4.78 is 27.6. The van der Waals surface area contributed by atoms with Crippen LogP contribution in [0.4, 0.5) is 10.5 Å². The molecular weight excluding hydrogens is 430 g/mol. The van der Waals surface area contributed by atoms with Gasteiger partial charge in [-0.25, -0.2) is 13.2 Å². The Morgan fingerprint density at radius 3 is 2.44 bits per heavy atom. The highest BCUT2D eigenvalue weighted by atomic mass is 32.2. The first-order valence-electron chi connectivity index (χ1n) is 10.8. The van der Waals surface area contributed by atoms with Gasteiger partial charge in [-0.2, -0.15) is 4.31 Å². The van der Waals surface area contributed by atoms with Crippen LogP contribution in [0, 0.1) is 0 Å². The van der Waals surface area contributed by atoms with E-state index in [-0.39, 0.29) is 17.2 Å². The predicted molar refractivity (Wildman–Crippen MR) is 121 cm³/mol. The number of aromatic nitrogens is 1. The van der Waals surface area contributed by atoms with E-state index < -0.39 is 10.0 Å². The number of nitrogens with zero attached hydrogens (tertiary/aromatic N) is 3. The van der Waals surface area contributed by atoms with Gasteiger partial charge in [-0.1, -0.05) is 6.07 Å². The highest BCUT2D eigenvalue weighted by Crippen LogP contribution is 2.20. The van der Waals surface area contributed by atoms with Crippen LogP contribution >= 0.6 is 0 Å². The van der Waals surface area contributed by atoms with E-state index in [0.29, 0.717) is 38.4 Å². The molecular formula is C21H29N7O3S. The number of sulfonamides is 1. The normalized spacial score (nSPS) is 18.9. The molecule has 2 aliphatic heterocycles. The molecule has 0 aliphatic carbocycles. The van der Waals surface area contributed by atoms with E-state index in [9.17, 15) is 13.2 Å². The highest BCUT2D eigenvalue weighted by molar-refractivity contribution is 7.89. The van der Waals surface area contributed by atoms with Gasteiger partial charge in [0.2, 0.25) is 10.0 Å². The van der Waals surface area contributed by atoms with E-state index in [2.05, 4.69) is 31.2 Å². The molecule has 2 saturated heterocycles. The quantitative estimate of drug-likeness (QED) is 0.499. The molecule has 0 unspecified atom stereocenters. The van der Waals surface area contributed by atoms with Crippen molar-refractivity contribution < 1.29 is 13.2 Å². The molecule has 11 heteroatoms. The van der Waals surface area contributed by atoms with Gasteiger partial charge in [0.15, 0.2) is 0 Å². The van der Waals surface area contributed by atoms with Crippen LogP contribution in [0.3, 0.4) is 0 Å². The lowest BCUT2D eigenvalue weighted by molar-refractivity contribution is 0.0826. The molecule has 32 heavy (non-hydrogen) atoms. The third kappa shape index (κ3) is 5.61. The molecule has 2 fully saturated rings. The summed E-state index contributed by atoms with van der Waals surface area (Å²) in [6.45, 7) is 4.51. The molecule has 0 saturated carbocycles. The van der Waals surface area contributed by atoms with E-state index in [4.69, 9.17) is 0 Å². The first kappa shape index (κ1) is 22.6. The largest absolute Gasteiger partial charge is 0.334 e. The summed E-state index contributed by atoms with van der Waals surface area (Å²) in [6, 6.07) is 9.56. The average Bonchev–Trinajstić information content (AvgIpc) is 2.84. The lowest BCUT2D eigenvalue weighted by Crippen LogP contribution is -2.63. The third-order valence-corrected chi connectivity index (χ3v) is 7.51. The SMILES string of the molecule is O=C(NCc1cccnc1)Nc1ccc(S(=O)(=O)N2CCN(C3NCCCN3)CC2)cc1. The number of carbonyl (C=O) groups excluding carboxylic acids is 1. The van der Waals surface area contributed by atoms with E-state index in [0.717, 1.165) is 25.1 Å². The van der Waals surface area contributed by atoms with Crippen LogP contribution in [0.1, 0.15) is 12.0 Å². The molecule has 0 spiro atoms. The van der Waals surface area contributed by atoms with Crippen LogP contribution in [0.25, 0.3) is 0 Å². The van der Waals surface area contributed by atoms with Gasteiger partial charge in [0, 0.05) is 50.8 Å². The number of piperazine rings is 1. The molecule has 2 aromatic rings. The average molecular weight is 460 g/mol. The summed E-state index contributed by atoms with van der Waals surface area (Å²) in [4.78, 5) is 18.6. The molecule has 0 radical (unpaired) electrons. The lowest BCUT2D eigenvalue weighted by Gasteiger charge is -2.40. The minimum Gasteiger partial charge on any atom is -0.334 e. The van der Waals surface area contributed by atoms with Gasteiger partial charge in [-0.15, -0.1) is 0 Å². The molecule has 1 aromatic carbocycles. The zero-order chi connectivity index (χ0) is 22.4. The van der Waals surface area contributed by atoms with Crippen molar-refractivity contribution in [1.82, 2.24) is 30.1 Å². The van der Waals surface area contributed by atoms with Gasteiger partial charge in [0.25, 0.3) is 0 Å². The number of benzene rings is 1. The first-order chi connectivity index (χ1) is 15.5. The Balaban J connectivity index is 1.29. The number of carbonyl (C=O) groups is 1. The second-order valence-electron chi connectivity index (χ2n) is 7.80. The number of nitrogens with one attached hydrogen (secondary N) is 4. The van der Waals surface area contributed by atoms with Gasteiger partial charge in [0.05, 0.1) is 4.90 Å². The number of pyridine rings is 1. The number of urea groups is 1. The summed E-state index contributed by atoms with van der Waals surface area (Å²) in [5, 5.41) is 12.3. The van der Waals surface area contributed by atoms with Gasteiger partial charge in [0.1, 0.15) is 6.29 Å². The number of hydrogen-bond donors (Lipinski definition) is 4. The molecule has 0 atom stereocenters. The Bertz CT molecular complexity index is 988. The van der Waals surface area contributed by atoms with Crippen LogP contribution < -0.4 is 21.3 Å². The Hall–Kier alpha value is -2.57. The van der Waals surface area contributed by atoms with Gasteiger partial charge >= 0.3 is 6.03 Å². The van der Waals surface area contributed by atoms with Crippen molar-refractivity contribution in [3.63, 3.8) is 0 Å². The fourth-order valence-electron chi connectivity index (χ4n) is 3.82. The fraction of sp³-hybridized carbons (Fsp3) is 0.429. The van der Waals surface area contributed by atoms with E-state index in [1.165, 1.54) is 16.4 Å². The van der Waals surface area contributed by atoms with Crippen molar-refractivity contribution in [2.24, 2.45) is 0 Å². The van der Waals surface area contributed by atoms with Crippen LogP contribution in [0.5, 0.6) is 0 Å². The monoisotopic (exact) mass is 459 g/mol. The summed E-state index contributed by atoms with van der Waals surface area (Å²) in [6.07, 6.45) is 4.57. The number of amides is 2. The highest BCUT2D eigenvalue weighted by Gasteiger charge is 2.31. The number of anilines is 1. The topological polar surface area (TPSA) is 119 Å². The second-order valence-corrected chi connectivity index (χ2v) is 9.74. The molecule has 4 rings (SSSR count). The molecule has 10 nitrogen and oxygen atoms in total. The molecule has 4 N–H and O–H groups in total. The Morgan fingerprint density at radius 2 is 1.78 bits per heavy atom. The summed E-state index contributed by atoms with van der Waals surface area (Å²) >= 11 is 0. The van der Waals surface area contributed by atoms with Gasteiger partial charge in [-0.3, -0.25) is 20.5 Å². The van der Waals surface area contributed by atoms with E-state index in [1.54, 1.807) is 30.6 Å². The lowest BCUT2D eigenvalue weighted by atomic mass is 10.3. The predicted octanol–water partition coefficient (Wildman–Crippen LogP) is 0.576. The standard InChI is InChI=1S/C21H29N7O3S/c29-21(25-16-17-3-1-8-22-15-17)26-18-4-6-19(7-5-18)32(30,31)28-13-11-27(12-14-28)20-23-9-2-10-24-20/h1,3-8,15,20,23-24H,2,9-14,16H2,(H2,25,26,29). The Labute approximate surface area is 188 Å². The number of rotatable bonds is 6. The van der Waals surface area contributed by atoms with Crippen molar-refractivity contribution >= 4 is 21.7 Å². The number of hydrogen-bond acceptors (Lipinski definition) is 7. The Morgan fingerprint density at radius 1 is 1.06 bits per heavy atom. The zero-order valence-corrected chi connectivity index (χ0v) is 18.6. The summed E-state index contributed by atoms with van der Waals surface area (Å²) in [5.74, 6) is 0. The van der Waals surface area contributed by atoms with Crippen LogP contribution in [-0.2, 0) is 16.6 Å². The molecule has 3 heterocycles. The summed E-state index contributed by atoms with van der Waals surface area (Å²) in [5.41, 5.74) is 1.41. The van der Waals surface area contributed by atoms with Crippen LogP contribution in [0.15, 0.2) is 53.7 Å². The minimum atomic E-state index is -3.58. The van der Waals surface area contributed by atoms with Crippen molar-refractivity contribution in [2.45, 2.75) is 24.2 Å². The van der Waals surface area contributed by atoms with Crippen molar-refractivity contribution in [1.29, 1.82) is 0 Å². The molecule has 2 amide bonds. The maximum absolute atomic E-state index is 13.0. The molecule has 2 aliphatic rings. The van der Waals surface area contributed by atoms with Crippen molar-refractivity contribution in [2.75, 3.05) is 44.6 Å². The molecule has 0 bridgehead atoms. The summed E-state index contributed by atoms with van der Waals surface area (Å²) in [7, 11) is -3.58. The second kappa shape index (κ2) is 10.4. The van der Waals surface area contributed by atoms with Crippen LogP contribution in [0.2, 0.25) is 0 Å². The smallest absolute Gasteiger partial charge is 0.319 e. The van der Waals surface area contributed by atoms with Gasteiger partial charge < -0.3 is 10.6 Å². The molecule has 172 valence electrons. The Kier molecular flexibility index (Phi) is 7.33. The maximum atomic E-state index is 13.0. The van der Waals surface area contributed by atoms with E-state index >= 15 is 0 Å². The van der Waals surface area contributed by atoms with Crippen LogP contribution in [-0.4, -0.2) is 74.2 Å². The third-order valence-electron chi connectivity index (χ3n) is 5.59. The first-order valence-corrected chi connectivity index (χ1v) is 12.2. The van der Waals surface area contributed by atoms with E-state index in [1.807, 2.05) is 6.07 Å². The molecule has 1 aromatic heterocycles. The maximum Gasteiger partial charge on any atom is 0.319 e. The van der Waals surface area contributed by atoms with Gasteiger partial charge in [-0.05, 0) is 55.4 Å². The fourth-order valence-corrected chi connectivity index (χ4v) is 5.24.